The summed E-state index contributed by atoms with van der Waals surface area (Å²) in [6.07, 6.45) is 2.25. The van der Waals surface area contributed by atoms with Gasteiger partial charge in [0, 0.05) is 44.7 Å². The second-order valence-corrected chi connectivity index (χ2v) is 7.42. The maximum Gasteiger partial charge on any atom is 0.241 e. The number of fused-ring (bicyclic) bond motifs is 2. The lowest BCUT2D eigenvalue weighted by atomic mass is 9.97. The highest BCUT2D eigenvalue weighted by Crippen LogP contribution is 2.27. The summed E-state index contributed by atoms with van der Waals surface area (Å²) in [6, 6.07) is 18.7. The van der Waals surface area contributed by atoms with Crippen LogP contribution in [0.15, 0.2) is 59.7 Å². The second-order valence-electron chi connectivity index (χ2n) is 7.42. The van der Waals surface area contributed by atoms with Gasteiger partial charge in [0.25, 0.3) is 0 Å². The van der Waals surface area contributed by atoms with Crippen molar-refractivity contribution in [2.45, 2.75) is 6.42 Å². The van der Waals surface area contributed by atoms with E-state index >= 15 is 0 Å². The van der Waals surface area contributed by atoms with Crippen LogP contribution in [0.25, 0.3) is 21.5 Å². The minimum absolute atomic E-state index is 0.0419. The number of likely N-dealkylation sites (N-methyl/N-ethyl adjacent to an activating group) is 1. The predicted octanol–water partition coefficient (Wildman–Crippen LogP) is 3.08. The zero-order chi connectivity index (χ0) is 19.3. The fourth-order valence-electron chi connectivity index (χ4n) is 3.74. The number of nitrogens with one attached hydrogen (secondary N) is 1. The highest BCUT2D eigenvalue weighted by Gasteiger charge is 2.14. The molecule has 0 saturated carbocycles. The number of carbonyl (C=O) groups excluding carboxylic acids is 1. The number of piperazine rings is 1. The Labute approximate surface area is 165 Å². The van der Waals surface area contributed by atoms with E-state index in [4.69, 9.17) is 0 Å². The van der Waals surface area contributed by atoms with Crippen LogP contribution in [0.5, 0.6) is 0 Å². The molecule has 3 aromatic rings. The molecule has 1 amide bonds. The van der Waals surface area contributed by atoms with Crippen molar-refractivity contribution >= 4 is 33.7 Å². The van der Waals surface area contributed by atoms with Crippen LogP contribution in [0, 0.1) is 0 Å². The smallest absolute Gasteiger partial charge is 0.241 e. The number of amides is 1. The Kier molecular flexibility index (Phi) is 5.65. The van der Waals surface area contributed by atoms with Gasteiger partial charge < -0.3 is 9.80 Å². The Morgan fingerprint density at radius 1 is 1.00 bits per heavy atom. The third-order valence-corrected chi connectivity index (χ3v) is 5.45. The van der Waals surface area contributed by atoms with Gasteiger partial charge in [0.2, 0.25) is 5.91 Å². The lowest BCUT2D eigenvalue weighted by Gasteiger charge is -2.32. The number of benzene rings is 3. The van der Waals surface area contributed by atoms with Crippen LogP contribution in [0.1, 0.15) is 12.0 Å². The molecule has 28 heavy (non-hydrogen) atoms. The molecule has 0 radical (unpaired) electrons. The van der Waals surface area contributed by atoms with Crippen molar-refractivity contribution in [2.24, 2.45) is 5.10 Å². The van der Waals surface area contributed by atoms with Gasteiger partial charge in [0.05, 0.1) is 6.21 Å². The average molecular weight is 374 g/mol. The SMILES string of the molecule is CN1CCN(CCC(=O)N/N=C/c2c3ccccc3cc3ccccc23)CC1. The molecule has 0 spiro atoms. The fourth-order valence-corrected chi connectivity index (χ4v) is 3.74. The number of rotatable bonds is 5. The van der Waals surface area contributed by atoms with E-state index in [0.29, 0.717) is 6.42 Å². The number of hydrogen-bond acceptors (Lipinski definition) is 4. The fraction of sp³-hybridized carbons (Fsp3) is 0.304. The van der Waals surface area contributed by atoms with Gasteiger partial charge in [-0.2, -0.15) is 5.10 Å². The molecule has 144 valence electrons. The quantitative estimate of drug-likeness (QED) is 0.424. The summed E-state index contributed by atoms with van der Waals surface area (Å²) < 4.78 is 0. The second kappa shape index (κ2) is 8.50. The van der Waals surface area contributed by atoms with Crippen LogP contribution >= 0.6 is 0 Å². The summed E-state index contributed by atoms with van der Waals surface area (Å²) >= 11 is 0. The highest BCUT2D eigenvalue weighted by molar-refractivity contribution is 6.13. The van der Waals surface area contributed by atoms with Crippen molar-refractivity contribution in [3.8, 4) is 0 Å². The summed E-state index contributed by atoms with van der Waals surface area (Å²) in [7, 11) is 2.13. The predicted molar refractivity (Wildman–Crippen MR) is 116 cm³/mol. The average Bonchev–Trinajstić information content (AvgIpc) is 2.73. The van der Waals surface area contributed by atoms with Crippen molar-refractivity contribution in [3.05, 3.63) is 60.2 Å². The first-order valence-electron chi connectivity index (χ1n) is 9.84. The van der Waals surface area contributed by atoms with Crippen molar-refractivity contribution in [2.75, 3.05) is 39.8 Å². The Hall–Kier alpha value is -2.76. The van der Waals surface area contributed by atoms with Gasteiger partial charge in [-0.3, -0.25) is 4.79 Å². The van der Waals surface area contributed by atoms with Gasteiger partial charge >= 0.3 is 0 Å². The Bertz CT molecular complexity index is 952. The van der Waals surface area contributed by atoms with Crippen LogP contribution < -0.4 is 5.43 Å². The van der Waals surface area contributed by atoms with Crippen molar-refractivity contribution in [3.63, 3.8) is 0 Å². The molecule has 0 aromatic heterocycles. The molecular formula is C23H26N4O. The Morgan fingerprint density at radius 3 is 2.25 bits per heavy atom. The van der Waals surface area contributed by atoms with Gasteiger partial charge in [0.15, 0.2) is 0 Å². The molecule has 0 atom stereocenters. The van der Waals surface area contributed by atoms with Gasteiger partial charge in [-0.15, -0.1) is 0 Å². The number of carbonyl (C=O) groups is 1. The van der Waals surface area contributed by atoms with Crippen molar-refractivity contribution in [1.82, 2.24) is 15.2 Å². The molecule has 1 aliphatic rings. The summed E-state index contributed by atoms with van der Waals surface area (Å²) in [5.41, 5.74) is 3.74. The van der Waals surface area contributed by atoms with Gasteiger partial charge in [0.1, 0.15) is 0 Å². The highest BCUT2D eigenvalue weighted by atomic mass is 16.2. The summed E-state index contributed by atoms with van der Waals surface area (Å²) in [5.74, 6) is -0.0419. The normalized spacial score (nSPS) is 16.2. The maximum atomic E-state index is 12.2. The molecule has 1 aliphatic heterocycles. The number of hydrazone groups is 1. The van der Waals surface area contributed by atoms with Crippen LogP contribution in [0.3, 0.4) is 0 Å². The molecule has 0 unspecified atom stereocenters. The van der Waals surface area contributed by atoms with Crippen LogP contribution in [-0.4, -0.2) is 61.7 Å². The van der Waals surface area contributed by atoms with Crippen molar-refractivity contribution in [1.29, 1.82) is 0 Å². The number of hydrogen-bond donors (Lipinski definition) is 1. The largest absolute Gasteiger partial charge is 0.304 e. The molecule has 5 nitrogen and oxygen atoms in total. The Balaban J connectivity index is 1.45. The lowest BCUT2D eigenvalue weighted by molar-refractivity contribution is -0.121. The molecule has 3 aromatic carbocycles. The lowest BCUT2D eigenvalue weighted by Crippen LogP contribution is -2.45. The summed E-state index contributed by atoms with van der Waals surface area (Å²) in [5, 5.41) is 8.88. The molecule has 1 saturated heterocycles. The maximum absolute atomic E-state index is 12.2. The van der Waals surface area contributed by atoms with E-state index in [9.17, 15) is 4.79 Å². The zero-order valence-electron chi connectivity index (χ0n) is 16.3. The van der Waals surface area contributed by atoms with Crippen LogP contribution in [0.2, 0.25) is 0 Å². The first-order chi connectivity index (χ1) is 13.7. The monoisotopic (exact) mass is 374 g/mol. The van der Waals surface area contributed by atoms with Crippen molar-refractivity contribution < 1.29 is 4.79 Å². The topological polar surface area (TPSA) is 47.9 Å². The molecule has 1 N–H and O–H groups in total. The zero-order valence-corrected chi connectivity index (χ0v) is 16.3. The first kappa shape index (κ1) is 18.6. The third kappa shape index (κ3) is 4.21. The summed E-state index contributed by atoms with van der Waals surface area (Å²) in [4.78, 5) is 16.9. The van der Waals surface area contributed by atoms with E-state index in [-0.39, 0.29) is 5.91 Å². The molecular weight excluding hydrogens is 348 g/mol. The van der Waals surface area contributed by atoms with Crippen LogP contribution in [0.4, 0.5) is 0 Å². The molecule has 1 fully saturated rings. The minimum atomic E-state index is -0.0419. The number of nitrogens with zero attached hydrogens (tertiary/aromatic N) is 3. The summed E-state index contributed by atoms with van der Waals surface area (Å²) in [6.45, 7) is 4.96. The Morgan fingerprint density at radius 2 is 1.61 bits per heavy atom. The molecule has 5 heteroatoms. The van der Waals surface area contributed by atoms with Gasteiger partial charge in [-0.25, -0.2) is 5.43 Å². The molecule has 0 aliphatic carbocycles. The molecule has 1 heterocycles. The van der Waals surface area contributed by atoms with E-state index in [0.717, 1.165) is 49.1 Å². The third-order valence-electron chi connectivity index (χ3n) is 5.45. The van der Waals surface area contributed by atoms with Gasteiger partial charge in [-0.05, 0) is 34.7 Å². The molecule has 0 bridgehead atoms. The van der Waals surface area contributed by atoms with Crippen LogP contribution in [-0.2, 0) is 4.79 Å². The molecule has 4 rings (SSSR count). The minimum Gasteiger partial charge on any atom is -0.304 e. The van der Waals surface area contributed by atoms with E-state index in [1.165, 1.54) is 10.8 Å². The van der Waals surface area contributed by atoms with E-state index in [2.05, 4.69) is 57.7 Å². The van der Waals surface area contributed by atoms with Gasteiger partial charge in [-0.1, -0.05) is 48.5 Å². The standard InChI is InChI=1S/C23H26N4O/c1-26-12-14-27(15-13-26)11-10-23(28)25-24-17-22-20-8-4-2-6-18(20)16-19-7-3-5-9-21(19)22/h2-9,16-17H,10-15H2,1H3,(H,25,28)/b24-17+. The first-order valence-corrected chi connectivity index (χ1v) is 9.84. The van der Waals surface area contributed by atoms with E-state index in [1.54, 1.807) is 6.21 Å². The van der Waals surface area contributed by atoms with E-state index < -0.39 is 0 Å². The van der Waals surface area contributed by atoms with E-state index in [1.807, 2.05) is 24.3 Å².